The zero-order chi connectivity index (χ0) is 19.2. The molecule has 2 N–H and O–H groups in total. The predicted octanol–water partition coefficient (Wildman–Crippen LogP) is 4.48. The van der Waals surface area contributed by atoms with Gasteiger partial charge in [-0.15, -0.1) is 0 Å². The van der Waals surface area contributed by atoms with Crippen molar-refractivity contribution in [3.63, 3.8) is 0 Å². The summed E-state index contributed by atoms with van der Waals surface area (Å²) < 4.78 is 5.01. The summed E-state index contributed by atoms with van der Waals surface area (Å²) in [5.74, 6) is 0.993. The molecule has 140 valence electrons. The number of anilines is 2. The molecule has 0 atom stereocenters. The van der Waals surface area contributed by atoms with Crippen LogP contribution in [0.1, 0.15) is 35.7 Å². The van der Waals surface area contributed by atoms with E-state index in [0.717, 1.165) is 16.6 Å². The van der Waals surface area contributed by atoms with Gasteiger partial charge in [0.2, 0.25) is 0 Å². The zero-order valence-corrected chi connectivity index (χ0v) is 16.0. The highest BCUT2D eigenvalue weighted by Crippen LogP contribution is 2.24. The molecule has 5 nitrogen and oxygen atoms in total. The molecule has 27 heavy (non-hydrogen) atoms. The molecule has 0 aliphatic heterocycles. The van der Waals surface area contributed by atoms with Crippen LogP contribution in [0.2, 0.25) is 0 Å². The van der Waals surface area contributed by atoms with Gasteiger partial charge in [0.25, 0.3) is 5.91 Å². The molecule has 1 amide bonds. The number of nitrogens with zero attached hydrogens (tertiary/aromatic N) is 1. The highest BCUT2D eigenvalue weighted by molar-refractivity contribution is 6.07. The van der Waals surface area contributed by atoms with Crippen molar-refractivity contribution in [3.05, 3.63) is 65.7 Å². The van der Waals surface area contributed by atoms with Crippen molar-refractivity contribution in [3.8, 4) is 0 Å². The molecule has 0 spiro atoms. The van der Waals surface area contributed by atoms with Crippen molar-refractivity contribution in [1.29, 1.82) is 0 Å². The number of ether oxygens (including phenoxy) is 1. The van der Waals surface area contributed by atoms with Crippen LogP contribution in [0.5, 0.6) is 0 Å². The number of amides is 1. The number of benzene rings is 2. The Morgan fingerprint density at radius 1 is 1.11 bits per heavy atom. The summed E-state index contributed by atoms with van der Waals surface area (Å²) in [5.41, 5.74) is 3.59. The number of nitrogens with one attached hydrogen (secondary N) is 2. The van der Waals surface area contributed by atoms with E-state index in [2.05, 4.69) is 41.6 Å². The van der Waals surface area contributed by atoms with E-state index in [0.29, 0.717) is 30.5 Å². The monoisotopic (exact) mass is 363 g/mol. The first-order valence-electron chi connectivity index (χ1n) is 9.12. The van der Waals surface area contributed by atoms with E-state index >= 15 is 0 Å². The quantitative estimate of drug-likeness (QED) is 0.608. The fraction of sp³-hybridized carbons (Fsp3) is 0.273. The molecule has 5 heteroatoms. The number of pyridine rings is 1. The Hall–Kier alpha value is -2.92. The van der Waals surface area contributed by atoms with Gasteiger partial charge in [0, 0.05) is 24.7 Å². The number of rotatable bonds is 7. The molecule has 0 fully saturated rings. The van der Waals surface area contributed by atoms with Gasteiger partial charge in [0.05, 0.1) is 17.7 Å². The maximum absolute atomic E-state index is 12.6. The minimum absolute atomic E-state index is 0.135. The van der Waals surface area contributed by atoms with Gasteiger partial charge >= 0.3 is 0 Å². The maximum atomic E-state index is 12.6. The second kappa shape index (κ2) is 8.64. The van der Waals surface area contributed by atoms with Crippen LogP contribution in [0.25, 0.3) is 10.9 Å². The van der Waals surface area contributed by atoms with Crippen molar-refractivity contribution in [2.45, 2.75) is 19.8 Å². The SMILES string of the molecule is COCCNC(=O)c1cc(Nc2ccc(C(C)C)cc2)nc2ccccc12. The first kappa shape index (κ1) is 18.9. The van der Waals surface area contributed by atoms with Crippen LogP contribution in [0, 0.1) is 0 Å². The molecule has 1 aromatic heterocycles. The van der Waals surface area contributed by atoms with Gasteiger partial charge in [-0.1, -0.05) is 44.2 Å². The molecular formula is C22H25N3O2. The third-order valence-electron chi connectivity index (χ3n) is 4.40. The summed E-state index contributed by atoms with van der Waals surface area (Å²) in [6.45, 7) is 5.27. The molecule has 0 aliphatic carbocycles. The average Bonchev–Trinajstić information content (AvgIpc) is 2.68. The molecule has 0 saturated heterocycles. The highest BCUT2D eigenvalue weighted by Gasteiger charge is 2.13. The van der Waals surface area contributed by atoms with Gasteiger partial charge in [-0.05, 0) is 35.7 Å². The standard InChI is InChI=1S/C22H25N3O2/c1-15(2)16-8-10-17(11-9-16)24-21-14-19(22(26)23-12-13-27-3)18-6-4-5-7-20(18)25-21/h4-11,14-15H,12-13H2,1-3H3,(H,23,26)(H,24,25). The van der Waals surface area contributed by atoms with Crippen molar-refractivity contribution in [1.82, 2.24) is 10.3 Å². The van der Waals surface area contributed by atoms with E-state index in [9.17, 15) is 4.79 Å². The number of methoxy groups -OCH3 is 1. The smallest absolute Gasteiger partial charge is 0.252 e. The minimum Gasteiger partial charge on any atom is -0.383 e. The molecule has 0 unspecified atom stereocenters. The Bertz CT molecular complexity index is 920. The molecule has 0 saturated carbocycles. The first-order valence-corrected chi connectivity index (χ1v) is 9.12. The normalized spacial score (nSPS) is 11.0. The summed E-state index contributed by atoms with van der Waals surface area (Å²) in [7, 11) is 1.61. The Labute approximate surface area is 159 Å². The lowest BCUT2D eigenvalue weighted by molar-refractivity contribution is 0.0938. The second-order valence-corrected chi connectivity index (χ2v) is 6.72. The van der Waals surface area contributed by atoms with Crippen LogP contribution in [0.3, 0.4) is 0 Å². The molecule has 0 bridgehead atoms. The van der Waals surface area contributed by atoms with Gasteiger partial charge in [-0.3, -0.25) is 4.79 Å². The number of hydrogen-bond acceptors (Lipinski definition) is 4. The van der Waals surface area contributed by atoms with Gasteiger partial charge in [0.15, 0.2) is 0 Å². The lowest BCUT2D eigenvalue weighted by atomic mass is 10.0. The Kier molecular flexibility index (Phi) is 6.04. The second-order valence-electron chi connectivity index (χ2n) is 6.72. The number of fused-ring (bicyclic) bond motifs is 1. The first-order chi connectivity index (χ1) is 13.1. The van der Waals surface area contributed by atoms with E-state index in [1.807, 2.05) is 36.4 Å². The fourth-order valence-electron chi connectivity index (χ4n) is 2.89. The van der Waals surface area contributed by atoms with Gasteiger partial charge < -0.3 is 15.4 Å². The summed E-state index contributed by atoms with van der Waals surface area (Å²) in [5, 5.41) is 7.02. The summed E-state index contributed by atoms with van der Waals surface area (Å²) >= 11 is 0. The fourth-order valence-corrected chi connectivity index (χ4v) is 2.89. The number of para-hydroxylation sites is 1. The molecule has 0 aliphatic rings. The summed E-state index contributed by atoms with van der Waals surface area (Å²) in [6.07, 6.45) is 0. The van der Waals surface area contributed by atoms with Gasteiger partial charge in [-0.2, -0.15) is 0 Å². The van der Waals surface area contributed by atoms with E-state index in [4.69, 9.17) is 4.74 Å². The van der Waals surface area contributed by atoms with Crippen LogP contribution in [-0.4, -0.2) is 31.2 Å². The molecule has 2 aromatic carbocycles. The third-order valence-corrected chi connectivity index (χ3v) is 4.40. The van der Waals surface area contributed by atoms with Crippen LogP contribution in [0.4, 0.5) is 11.5 Å². The lowest BCUT2D eigenvalue weighted by Gasteiger charge is -2.12. The van der Waals surface area contributed by atoms with Crippen LogP contribution < -0.4 is 10.6 Å². The Morgan fingerprint density at radius 2 is 1.85 bits per heavy atom. The third kappa shape index (κ3) is 4.63. The number of carbonyl (C=O) groups is 1. The maximum Gasteiger partial charge on any atom is 0.252 e. The van der Waals surface area contributed by atoms with Crippen LogP contribution in [0.15, 0.2) is 54.6 Å². The summed E-state index contributed by atoms with van der Waals surface area (Å²) in [4.78, 5) is 17.3. The molecule has 1 heterocycles. The average molecular weight is 363 g/mol. The molecule has 3 rings (SSSR count). The minimum atomic E-state index is -0.135. The van der Waals surface area contributed by atoms with Gasteiger partial charge in [-0.25, -0.2) is 4.98 Å². The predicted molar refractivity (Wildman–Crippen MR) is 110 cm³/mol. The van der Waals surface area contributed by atoms with Crippen molar-refractivity contribution in [2.75, 3.05) is 25.6 Å². The Balaban J connectivity index is 1.90. The Morgan fingerprint density at radius 3 is 2.56 bits per heavy atom. The van der Waals surface area contributed by atoms with Crippen molar-refractivity contribution < 1.29 is 9.53 Å². The number of hydrogen-bond donors (Lipinski definition) is 2. The van der Waals surface area contributed by atoms with Crippen molar-refractivity contribution >= 4 is 28.3 Å². The topological polar surface area (TPSA) is 63.2 Å². The van der Waals surface area contributed by atoms with Crippen molar-refractivity contribution in [2.24, 2.45) is 0 Å². The van der Waals surface area contributed by atoms with E-state index in [1.165, 1.54) is 5.56 Å². The van der Waals surface area contributed by atoms with Gasteiger partial charge in [0.1, 0.15) is 5.82 Å². The number of carbonyl (C=O) groups excluding carboxylic acids is 1. The lowest BCUT2D eigenvalue weighted by Crippen LogP contribution is -2.27. The highest BCUT2D eigenvalue weighted by atomic mass is 16.5. The van der Waals surface area contributed by atoms with E-state index in [1.54, 1.807) is 13.2 Å². The number of aromatic nitrogens is 1. The van der Waals surface area contributed by atoms with E-state index < -0.39 is 0 Å². The van der Waals surface area contributed by atoms with Crippen LogP contribution in [-0.2, 0) is 4.74 Å². The van der Waals surface area contributed by atoms with E-state index in [-0.39, 0.29) is 5.91 Å². The molecular weight excluding hydrogens is 338 g/mol. The summed E-state index contributed by atoms with van der Waals surface area (Å²) in [6, 6.07) is 17.7. The van der Waals surface area contributed by atoms with Crippen LogP contribution >= 0.6 is 0 Å². The molecule has 0 radical (unpaired) electrons. The molecule has 3 aromatic rings. The largest absolute Gasteiger partial charge is 0.383 e. The zero-order valence-electron chi connectivity index (χ0n) is 16.0.